The van der Waals surface area contributed by atoms with Crippen molar-refractivity contribution < 1.29 is 30.0 Å². The molecular weight excluding hydrogens is 230 g/mol. The third kappa shape index (κ3) is 3.36. The van der Waals surface area contributed by atoms with Gasteiger partial charge in [-0.15, -0.1) is 0 Å². The predicted octanol–water partition coefficient (Wildman–Crippen LogP) is -2.30. The van der Waals surface area contributed by atoms with Crippen molar-refractivity contribution in [2.24, 2.45) is 0 Å². The fourth-order valence-corrected chi connectivity index (χ4v) is 1.68. The average molecular weight is 249 g/mol. The molecule has 5 atom stereocenters. The van der Waals surface area contributed by atoms with E-state index >= 15 is 0 Å². The highest BCUT2D eigenvalue weighted by atomic mass is 16.6. The van der Waals surface area contributed by atoms with Crippen LogP contribution < -0.4 is 5.32 Å². The Kier molecular flexibility index (Phi) is 5.29. The molecule has 1 aliphatic rings. The van der Waals surface area contributed by atoms with E-state index in [2.05, 4.69) is 5.32 Å². The molecule has 0 spiro atoms. The summed E-state index contributed by atoms with van der Waals surface area (Å²) in [6.45, 7) is 1.32. The molecule has 1 amide bonds. The minimum Gasteiger partial charge on any atom is -0.394 e. The van der Waals surface area contributed by atoms with Gasteiger partial charge in [-0.05, 0) is 6.42 Å². The lowest BCUT2D eigenvalue weighted by Gasteiger charge is -2.40. The molecule has 0 aliphatic carbocycles. The highest BCUT2D eigenvalue weighted by molar-refractivity contribution is 5.76. The number of ether oxygens (including phenoxy) is 1. The average Bonchev–Trinajstić information content (AvgIpc) is 2.30. The third-order valence-corrected chi connectivity index (χ3v) is 2.67. The summed E-state index contributed by atoms with van der Waals surface area (Å²) < 4.78 is 5.11. The van der Waals surface area contributed by atoms with Gasteiger partial charge in [0, 0.05) is 6.42 Å². The van der Waals surface area contributed by atoms with Crippen molar-refractivity contribution in [2.45, 2.75) is 50.4 Å². The van der Waals surface area contributed by atoms with Crippen LogP contribution in [0.2, 0.25) is 0 Å². The topological polar surface area (TPSA) is 119 Å². The normalized spacial score (nSPS) is 37.8. The molecule has 1 aliphatic heterocycles. The highest BCUT2D eigenvalue weighted by Crippen LogP contribution is 2.19. The van der Waals surface area contributed by atoms with Gasteiger partial charge in [0.25, 0.3) is 0 Å². The van der Waals surface area contributed by atoms with E-state index in [-0.39, 0.29) is 12.3 Å². The molecule has 0 unspecified atom stereocenters. The zero-order valence-corrected chi connectivity index (χ0v) is 9.61. The maximum atomic E-state index is 11.3. The highest BCUT2D eigenvalue weighted by Gasteiger charge is 2.43. The van der Waals surface area contributed by atoms with Crippen LogP contribution >= 0.6 is 0 Å². The number of carbonyl (C=O) groups is 1. The van der Waals surface area contributed by atoms with Crippen LogP contribution in [0, 0.1) is 0 Å². The summed E-state index contributed by atoms with van der Waals surface area (Å²) in [7, 11) is 0. The minimum absolute atomic E-state index is 0.273. The fraction of sp³-hybridized carbons (Fsp3) is 0.900. The van der Waals surface area contributed by atoms with Crippen LogP contribution in [0.4, 0.5) is 0 Å². The molecule has 0 aromatic heterocycles. The van der Waals surface area contributed by atoms with Crippen LogP contribution in [0.1, 0.15) is 19.8 Å². The minimum atomic E-state index is -1.46. The largest absolute Gasteiger partial charge is 0.394 e. The first-order valence-corrected chi connectivity index (χ1v) is 5.61. The first-order valence-electron chi connectivity index (χ1n) is 5.61. The van der Waals surface area contributed by atoms with Gasteiger partial charge in [-0.2, -0.15) is 0 Å². The Balaban J connectivity index is 2.62. The number of aliphatic hydroxyl groups excluding tert-OH is 4. The fourth-order valence-electron chi connectivity index (χ4n) is 1.68. The maximum absolute atomic E-state index is 11.3. The van der Waals surface area contributed by atoms with Crippen LogP contribution in [0.3, 0.4) is 0 Å². The monoisotopic (exact) mass is 249 g/mol. The van der Waals surface area contributed by atoms with E-state index in [0.29, 0.717) is 6.42 Å². The number of aliphatic hydroxyl groups is 4. The Bertz CT molecular complexity index is 259. The number of hydrogen-bond acceptors (Lipinski definition) is 6. The molecule has 1 rings (SSSR count). The molecule has 0 radical (unpaired) electrons. The van der Waals surface area contributed by atoms with E-state index in [1.807, 2.05) is 6.92 Å². The lowest BCUT2D eigenvalue weighted by atomic mass is 9.98. The van der Waals surface area contributed by atoms with Crippen LogP contribution in [0.25, 0.3) is 0 Å². The predicted molar refractivity (Wildman–Crippen MR) is 56.8 cm³/mol. The number of carbonyl (C=O) groups excluding carboxylic acids is 1. The van der Waals surface area contributed by atoms with E-state index in [4.69, 9.17) is 9.84 Å². The van der Waals surface area contributed by atoms with E-state index < -0.39 is 37.3 Å². The van der Waals surface area contributed by atoms with Gasteiger partial charge in [-0.25, -0.2) is 0 Å². The van der Waals surface area contributed by atoms with E-state index in [1.165, 1.54) is 0 Å². The molecule has 1 saturated heterocycles. The first kappa shape index (κ1) is 14.3. The van der Waals surface area contributed by atoms with Gasteiger partial charge >= 0.3 is 0 Å². The molecule has 7 heteroatoms. The Morgan fingerprint density at radius 1 is 1.24 bits per heavy atom. The summed E-state index contributed by atoms with van der Waals surface area (Å²) >= 11 is 0. The van der Waals surface area contributed by atoms with Gasteiger partial charge in [-0.1, -0.05) is 6.92 Å². The second-order valence-corrected chi connectivity index (χ2v) is 4.07. The Morgan fingerprint density at radius 3 is 2.41 bits per heavy atom. The molecule has 1 fully saturated rings. The quantitative estimate of drug-likeness (QED) is 0.382. The van der Waals surface area contributed by atoms with Gasteiger partial charge in [0.15, 0.2) is 6.23 Å². The molecule has 0 aromatic carbocycles. The number of rotatable bonds is 4. The van der Waals surface area contributed by atoms with Gasteiger partial charge in [-0.3, -0.25) is 4.79 Å². The van der Waals surface area contributed by atoms with Crippen molar-refractivity contribution in [3.05, 3.63) is 0 Å². The third-order valence-electron chi connectivity index (χ3n) is 2.67. The molecular formula is C10H19NO6. The van der Waals surface area contributed by atoms with Crippen LogP contribution in [-0.4, -0.2) is 63.6 Å². The summed E-state index contributed by atoms with van der Waals surface area (Å²) in [5, 5.41) is 39.9. The molecule has 5 N–H and O–H groups in total. The zero-order chi connectivity index (χ0) is 13.0. The lowest BCUT2D eigenvalue weighted by molar-refractivity contribution is -0.235. The summed E-state index contributed by atoms with van der Waals surface area (Å²) in [5.41, 5.74) is 0. The molecule has 0 saturated carbocycles. The second kappa shape index (κ2) is 6.27. The summed E-state index contributed by atoms with van der Waals surface area (Å²) in [5.74, 6) is -0.322. The Morgan fingerprint density at radius 2 is 1.88 bits per heavy atom. The van der Waals surface area contributed by atoms with Crippen molar-refractivity contribution in [3.63, 3.8) is 0 Å². The van der Waals surface area contributed by atoms with Crippen molar-refractivity contribution in [3.8, 4) is 0 Å². The summed E-state index contributed by atoms with van der Waals surface area (Å²) in [4.78, 5) is 11.3. The van der Waals surface area contributed by atoms with Crippen LogP contribution in [-0.2, 0) is 9.53 Å². The summed E-state index contributed by atoms with van der Waals surface area (Å²) in [6, 6.07) is 0. The van der Waals surface area contributed by atoms with Crippen LogP contribution in [0.5, 0.6) is 0 Å². The van der Waals surface area contributed by atoms with Gasteiger partial charge in [0.05, 0.1) is 6.61 Å². The zero-order valence-electron chi connectivity index (χ0n) is 9.61. The van der Waals surface area contributed by atoms with Gasteiger partial charge in [0.2, 0.25) is 5.91 Å². The van der Waals surface area contributed by atoms with Crippen molar-refractivity contribution in [1.82, 2.24) is 5.32 Å². The first-order chi connectivity index (χ1) is 8.01. The van der Waals surface area contributed by atoms with Crippen molar-refractivity contribution >= 4 is 5.91 Å². The smallest absolute Gasteiger partial charge is 0.222 e. The second-order valence-electron chi connectivity index (χ2n) is 4.07. The van der Waals surface area contributed by atoms with Gasteiger partial charge < -0.3 is 30.5 Å². The standard InChI is InChI=1S/C10H19NO6/c1-2-3-6(13)11-10-9(16)8(15)7(14)5(4-12)17-10/h5,7-10,12,14-16H,2-4H2,1H3,(H,11,13)/t5-,7+,8-,9+,10-/m1/s1. The molecule has 7 nitrogen and oxygen atoms in total. The lowest BCUT2D eigenvalue weighted by Crippen LogP contribution is -2.63. The molecule has 0 bridgehead atoms. The van der Waals surface area contributed by atoms with Crippen LogP contribution in [0.15, 0.2) is 0 Å². The maximum Gasteiger partial charge on any atom is 0.222 e. The number of amides is 1. The SMILES string of the molecule is CCCC(=O)N[C@@H]1O[C@H](CO)[C@H](O)[C@@H](O)[C@@H]1O. The Hall–Kier alpha value is -0.730. The molecule has 100 valence electrons. The molecule has 0 aromatic rings. The van der Waals surface area contributed by atoms with E-state index in [9.17, 15) is 20.1 Å². The summed E-state index contributed by atoms with van der Waals surface area (Å²) in [6.07, 6.45) is -5.50. The number of hydrogen-bond donors (Lipinski definition) is 5. The molecule has 1 heterocycles. The van der Waals surface area contributed by atoms with Crippen molar-refractivity contribution in [2.75, 3.05) is 6.61 Å². The Labute approximate surface area is 99.0 Å². The number of nitrogens with one attached hydrogen (secondary N) is 1. The van der Waals surface area contributed by atoms with Gasteiger partial charge in [0.1, 0.15) is 24.4 Å². The molecule has 17 heavy (non-hydrogen) atoms. The van der Waals surface area contributed by atoms with Crippen molar-refractivity contribution in [1.29, 1.82) is 0 Å². The van der Waals surface area contributed by atoms with E-state index in [1.54, 1.807) is 0 Å². The van der Waals surface area contributed by atoms with E-state index in [0.717, 1.165) is 0 Å².